The Kier molecular flexibility index (Phi) is 3.74. The van der Waals surface area contributed by atoms with Crippen molar-refractivity contribution in [2.45, 2.75) is 13.0 Å². The van der Waals surface area contributed by atoms with Gasteiger partial charge in [0.15, 0.2) is 11.5 Å². The fraction of sp³-hybridized carbons (Fsp3) is 0.231. The Morgan fingerprint density at radius 2 is 2.17 bits per heavy atom. The Balaban J connectivity index is 2.13. The number of carbonyl (C=O) groups excluding carboxylic acids is 1. The maximum absolute atomic E-state index is 11.7. The second-order valence-electron chi connectivity index (χ2n) is 4.00. The van der Waals surface area contributed by atoms with Crippen molar-refractivity contribution in [3.8, 4) is 11.3 Å². The first-order chi connectivity index (χ1) is 8.70. The average Bonchev–Trinajstić information content (AvgIpc) is 2.89. The first-order valence-corrected chi connectivity index (χ1v) is 5.64. The van der Waals surface area contributed by atoms with Crippen LogP contribution in [0.25, 0.3) is 11.3 Å². The van der Waals surface area contributed by atoms with Crippen molar-refractivity contribution in [2.24, 2.45) is 0 Å². The van der Waals surface area contributed by atoms with Gasteiger partial charge in [-0.25, -0.2) is 0 Å². The molecule has 0 saturated carbocycles. The molecule has 0 radical (unpaired) electrons. The van der Waals surface area contributed by atoms with Crippen molar-refractivity contribution in [3.63, 3.8) is 0 Å². The Labute approximate surface area is 104 Å². The molecule has 0 aliphatic carbocycles. The highest BCUT2D eigenvalue weighted by Gasteiger charge is 2.15. The molecular weight excluding hydrogens is 232 g/mol. The van der Waals surface area contributed by atoms with Gasteiger partial charge >= 0.3 is 0 Å². The van der Waals surface area contributed by atoms with Gasteiger partial charge < -0.3 is 14.9 Å². The molecule has 0 fully saturated rings. The lowest BCUT2D eigenvalue weighted by molar-refractivity contribution is 0.0913. The van der Waals surface area contributed by atoms with E-state index in [1.807, 2.05) is 30.3 Å². The minimum Gasteiger partial charge on any atom is -0.394 e. The number of aliphatic hydroxyl groups excluding tert-OH is 1. The van der Waals surface area contributed by atoms with E-state index in [1.54, 1.807) is 13.0 Å². The number of amides is 1. The van der Waals surface area contributed by atoms with E-state index in [1.165, 1.54) is 0 Å². The van der Waals surface area contributed by atoms with Crippen molar-refractivity contribution in [1.29, 1.82) is 0 Å². The maximum Gasteiger partial charge on any atom is 0.273 e. The molecule has 5 heteroatoms. The largest absolute Gasteiger partial charge is 0.394 e. The Hall–Kier alpha value is -2.14. The molecule has 1 unspecified atom stereocenters. The van der Waals surface area contributed by atoms with Gasteiger partial charge in [-0.05, 0) is 6.92 Å². The summed E-state index contributed by atoms with van der Waals surface area (Å²) in [4.78, 5) is 11.7. The summed E-state index contributed by atoms with van der Waals surface area (Å²) in [7, 11) is 0. The molecule has 1 aromatic carbocycles. The van der Waals surface area contributed by atoms with Crippen molar-refractivity contribution in [3.05, 3.63) is 42.1 Å². The predicted octanol–water partition coefficient (Wildman–Crippen LogP) is 1.45. The molecule has 0 aliphatic rings. The molecule has 94 valence electrons. The molecule has 0 aliphatic heterocycles. The van der Waals surface area contributed by atoms with Gasteiger partial charge in [-0.2, -0.15) is 0 Å². The van der Waals surface area contributed by atoms with E-state index >= 15 is 0 Å². The minimum absolute atomic E-state index is 0.116. The van der Waals surface area contributed by atoms with Gasteiger partial charge in [-0.15, -0.1) is 0 Å². The number of rotatable bonds is 4. The van der Waals surface area contributed by atoms with Gasteiger partial charge in [-0.3, -0.25) is 4.79 Å². The fourth-order valence-electron chi connectivity index (χ4n) is 1.46. The van der Waals surface area contributed by atoms with Gasteiger partial charge in [-0.1, -0.05) is 35.5 Å². The van der Waals surface area contributed by atoms with Crippen LogP contribution in [0.5, 0.6) is 0 Å². The van der Waals surface area contributed by atoms with Crippen LogP contribution in [-0.4, -0.2) is 28.8 Å². The zero-order valence-electron chi connectivity index (χ0n) is 9.96. The molecule has 1 aromatic heterocycles. The predicted molar refractivity (Wildman–Crippen MR) is 66.0 cm³/mol. The van der Waals surface area contributed by atoms with E-state index in [9.17, 15) is 4.79 Å². The van der Waals surface area contributed by atoms with Gasteiger partial charge in [0.1, 0.15) is 0 Å². The molecule has 2 N–H and O–H groups in total. The van der Waals surface area contributed by atoms with E-state index < -0.39 is 0 Å². The van der Waals surface area contributed by atoms with Crippen molar-refractivity contribution in [2.75, 3.05) is 6.61 Å². The van der Waals surface area contributed by atoms with Crippen molar-refractivity contribution < 1.29 is 14.4 Å². The first kappa shape index (κ1) is 12.3. The molecule has 0 saturated heterocycles. The molecule has 0 bridgehead atoms. The van der Waals surface area contributed by atoms with E-state index in [-0.39, 0.29) is 24.2 Å². The number of nitrogens with one attached hydrogen (secondary N) is 1. The van der Waals surface area contributed by atoms with E-state index in [4.69, 9.17) is 9.63 Å². The highest BCUT2D eigenvalue weighted by Crippen LogP contribution is 2.19. The topological polar surface area (TPSA) is 75.4 Å². The zero-order valence-corrected chi connectivity index (χ0v) is 9.96. The first-order valence-electron chi connectivity index (χ1n) is 5.64. The fourth-order valence-corrected chi connectivity index (χ4v) is 1.46. The molecule has 5 nitrogen and oxygen atoms in total. The van der Waals surface area contributed by atoms with Crippen LogP contribution in [0.3, 0.4) is 0 Å². The summed E-state index contributed by atoms with van der Waals surface area (Å²) in [6.07, 6.45) is 0. The normalized spacial score (nSPS) is 12.1. The lowest BCUT2D eigenvalue weighted by Gasteiger charge is -2.07. The third kappa shape index (κ3) is 2.75. The number of aromatic nitrogens is 1. The van der Waals surface area contributed by atoms with Crippen LogP contribution in [0.15, 0.2) is 40.9 Å². The Morgan fingerprint density at radius 1 is 1.44 bits per heavy atom. The molecule has 1 amide bonds. The van der Waals surface area contributed by atoms with Gasteiger partial charge in [0.25, 0.3) is 5.91 Å². The number of hydrogen-bond donors (Lipinski definition) is 2. The third-order valence-corrected chi connectivity index (χ3v) is 2.45. The average molecular weight is 246 g/mol. The van der Waals surface area contributed by atoms with Crippen LogP contribution in [0, 0.1) is 0 Å². The number of nitrogens with zero attached hydrogens (tertiary/aromatic N) is 1. The molecule has 2 aromatic rings. The van der Waals surface area contributed by atoms with Gasteiger partial charge in [0.05, 0.1) is 6.61 Å². The summed E-state index contributed by atoms with van der Waals surface area (Å²) >= 11 is 0. The molecular formula is C13H14N2O3. The number of hydrogen-bond acceptors (Lipinski definition) is 4. The summed E-state index contributed by atoms with van der Waals surface area (Å²) in [5.41, 5.74) is 1.06. The van der Waals surface area contributed by atoms with Crippen LogP contribution in [0.2, 0.25) is 0 Å². The summed E-state index contributed by atoms with van der Waals surface area (Å²) < 4.78 is 5.11. The van der Waals surface area contributed by atoms with Gasteiger partial charge in [0.2, 0.25) is 0 Å². The number of carbonyl (C=O) groups is 1. The van der Waals surface area contributed by atoms with Gasteiger partial charge in [0, 0.05) is 17.7 Å². The standard InChI is InChI=1S/C13H14N2O3/c1-9(8-16)14-13(17)11-7-12(18-15-11)10-5-3-2-4-6-10/h2-7,9,16H,8H2,1H3,(H,14,17). The zero-order chi connectivity index (χ0) is 13.0. The number of aliphatic hydroxyl groups is 1. The smallest absolute Gasteiger partial charge is 0.273 e. The van der Waals surface area contributed by atoms with E-state index in [0.29, 0.717) is 5.76 Å². The summed E-state index contributed by atoms with van der Waals surface area (Å²) in [5, 5.41) is 15.2. The number of benzene rings is 1. The monoisotopic (exact) mass is 246 g/mol. The van der Waals surface area contributed by atoms with Crippen LogP contribution in [-0.2, 0) is 0 Å². The Bertz CT molecular complexity index is 522. The second kappa shape index (κ2) is 5.46. The Morgan fingerprint density at radius 3 is 2.83 bits per heavy atom. The summed E-state index contributed by atoms with van der Waals surface area (Å²) in [6.45, 7) is 1.59. The molecule has 1 atom stereocenters. The highest BCUT2D eigenvalue weighted by molar-refractivity contribution is 5.93. The highest BCUT2D eigenvalue weighted by atomic mass is 16.5. The SMILES string of the molecule is CC(CO)NC(=O)c1cc(-c2ccccc2)on1. The van der Waals surface area contributed by atoms with Crippen molar-refractivity contribution >= 4 is 5.91 Å². The summed E-state index contributed by atoms with van der Waals surface area (Å²) in [5.74, 6) is 0.180. The maximum atomic E-state index is 11.7. The van der Waals surface area contributed by atoms with E-state index in [2.05, 4.69) is 10.5 Å². The lowest BCUT2D eigenvalue weighted by Crippen LogP contribution is -2.35. The van der Waals surface area contributed by atoms with Crippen LogP contribution >= 0.6 is 0 Å². The van der Waals surface area contributed by atoms with Crippen LogP contribution in [0.1, 0.15) is 17.4 Å². The molecule has 1 heterocycles. The lowest BCUT2D eigenvalue weighted by atomic mass is 10.1. The van der Waals surface area contributed by atoms with Crippen molar-refractivity contribution in [1.82, 2.24) is 10.5 Å². The third-order valence-electron chi connectivity index (χ3n) is 2.45. The molecule has 0 spiro atoms. The van der Waals surface area contributed by atoms with Crippen LogP contribution < -0.4 is 5.32 Å². The van der Waals surface area contributed by atoms with E-state index in [0.717, 1.165) is 5.56 Å². The molecule has 2 rings (SSSR count). The second-order valence-corrected chi connectivity index (χ2v) is 4.00. The minimum atomic E-state index is -0.359. The summed E-state index contributed by atoms with van der Waals surface area (Å²) in [6, 6.07) is 10.7. The van der Waals surface area contributed by atoms with Crippen LogP contribution in [0.4, 0.5) is 0 Å². The molecule has 18 heavy (non-hydrogen) atoms. The quantitative estimate of drug-likeness (QED) is 0.856.